The van der Waals surface area contributed by atoms with E-state index in [9.17, 15) is 23.5 Å². The first kappa shape index (κ1) is 25.3. The lowest BCUT2D eigenvalue weighted by Crippen LogP contribution is -2.62. The summed E-state index contributed by atoms with van der Waals surface area (Å²) in [6.45, 7) is -1.69. The molecule has 5 saturated carbocycles. The van der Waals surface area contributed by atoms with Crippen LogP contribution in [0.25, 0.3) is 0 Å². The summed E-state index contributed by atoms with van der Waals surface area (Å²) in [5.41, 5.74) is -0.177. The van der Waals surface area contributed by atoms with Crippen LogP contribution in [0.2, 0.25) is 0 Å². The number of aromatic nitrogens is 1. The first-order valence-corrected chi connectivity index (χ1v) is 14.6. The number of carbonyl (C=O) groups excluding carboxylic acids is 1. The zero-order chi connectivity index (χ0) is 25.7. The fourth-order valence-corrected chi connectivity index (χ4v) is 9.27. The second-order valence-corrected chi connectivity index (χ2v) is 13.1. The average molecular weight is 536 g/mol. The monoisotopic (exact) mass is 535 g/mol. The topological polar surface area (TPSA) is 91.8 Å². The van der Waals surface area contributed by atoms with Crippen molar-refractivity contribution in [2.45, 2.75) is 92.7 Å². The second kappa shape index (κ2) is 9.98. The zero-order valence-electron chi connectivity index (χ0n) is 20.9. The lowest BCUT2D eigenvalue weighted by molar-refractivity contribution is -0.260. The molecule has 1 aliphatic heterocycles. The Balaban J connectivity index is 1.21. The van der Waals surface area contributed by atoms with Crippen LogP contribution in [0, 0.1) is 23.7 Å². The Morgan fingerprint density at radius 2 is 1.86 bits per heavy atom. The molecule has 3 unspecified atom stereocenters. The van der Waals surface area contributed by atoms with Gasteiger partial charge in [0.1, 0.15) is 10.8 Å². The van der Waals surface area contributed by atoms with Crippen LogP contribution in [0.4, 0.5) is 14.6 Å². The summed E-state index contributed by atoms with van der Waals surface area (Å²) in [5, 5.41) is 13.8. The third kappa shape index (κ3) is 5.07. The van der Waals surface area contributed by atoms with Crippen molar-refractivity contribution in [3.05, 3.63) is 17.7 Å². The summed E-state index contributed by atoms with van der Waals surface area (Å²) in [5.74, 6) is 0.107. The van der Waals surface area contributed by atoms with Crippen molar-refractivity contribution in [2.75, 3.05) is 18.0 Å². The molecule has 1 saturated heterocycles. The number of carbonyl (C=O) groups is 2. The zero-order valence-corrected chi connectivity index (χ0v) is 21.7. The van der Waals surface area contributed by atoms with Crippen LogP contribution in [0.15, 0.2) is 17.2 Å². The fraction of sp³-hybridized carbons (Fsp3) is 0.741. The van der Waals surface area contributed by atoms with E-state index >= 15 is 0 Å². The smallest absolute Gasteiger partial charge is 0.345 e. The molecule has 7 rings (SSSR count). The number of amides is 1. The number of rotatable bonds is 8. The Labute approximate surface area is 220 Å². The van der Waals surface area contributed by atoms with E-state index in [-0.39, 0.29) is 23.8 Å². The summed E-state index contributed by atoms with van der Waals surface area (Å²) in [6.07, 6.45) is 8.93. The number of carboxylic acids is 1. The van der Waals surface area contributed by atoms with E-state index in [0.29, 0.717) is 60.5 Å². The minimum atomic E-state index is -2.76. The number of nitrogens with zero attached hydrogens (tertiary/aromatic N) is 2. The van der Waals surface area contributed by atoms with E-state index in [2.05, 4.69) is 5.32 Å². The number of hydrogen-bond donors (Lipinski definition) is 2. The normalized spacial score (nSPS) is 35.0. The number of carboxylic acid groups (broad SMARTS) is 1. The van der Waals surface area contributed by atoms with E-state index in [1.165, 1.54) is 12.8 Å². The van der Waals surface area contributed by atoms with Crippen molar-refractivity contribution in [2.24, 2.45) is 23.7 Å². The molecule has 37 heavy (non-hydrogen) atoms. The van der Waals surface area contributed by atoms with Crippen molar-refractivity contribution in [3.8, 4) is 0 Å². The number of anilines is 1. The maximum Gasteiger partial charge on any atom is 0.345 e. The van der Waals surface area contributed by atoms with Gasteiger partial charge in [-0.1, -0.05) is 12.8 Å². The highest BCUT2D eigenvalue weighted by Crippen LogP contribution is 2.57. The second-order valence-electron chi connectivity index (χ2n) is 11.8. The van der Waals surface area contributed by atoms with Crippen LogP contribution in [0.5, 0.6) is 0 Å². The highest BCUT2D eigenvalue weighted by atomic mass is 32.2. The minimum Gasteiger partial charge on any atom is -0.481 e. The molecule has 1 amide bonds. The largest absolute Gasteiger partial charge is 0.481 e. The number of thioether (sulfide) groups is 1. The maximum atomic E-state index is 13.7. The Kier molecular flexibility index (Phi) is 6.84. The quantitative estimate of drug-likeness (QED) is 0.487. The number of hydrogen-bond acceptors (Lipinski definition) is 6. The Morgan fingerprint density at radius 1 is 1.14 bits per heavy atom. The number of alkyl halides is 2. The summed E-state index contributed by atoms with van der Waals surface area (Å²) in [7, 11) is 0. The van der Waals surface area contributed by atoms with Gasteiger partial charge in [-0.2, -0.15) is 8.78 Å². The predicted octanol–water partition coefficient (Wildman–Crippen LogP) is 4.94. The lowest BCUT2D eigenvalue weighted by atomic mass is 9.52. The number of pyridine rings is 1. The number of nitrogens with one attached hydrogen (secondary N) is 1. The summed E-state index contributed by atoms with van der Waals surface area (Å²) >= 11 is 1.66. The third-order valence-electron chi connectivity index (χ3n) is 9.39. The lowest BCUT2D eigenvalue weighted by Gasteiger charge is -2.59. The predicted molar refractivity (Wildman–Crippen MR) is 135 cm³/mol. The van der Waals surface area contributed by atoms with E-state index in [4.69, 9.17) is 9.72 Å². The molecule has 0 radical (unpaired) electrons. The molecular weight excluding hydrogens is 500 g/mol. The van der Waals surface area contributed by atoms with Crippen LogP contribution in [0.1, 0.15) is 74.6 Å². The van der Waals surface area contributed by atoms with E-state index in [1.54, 1.807) is 11.8 Å². The van der Waals surface area contributed by atoms with Crippen molar-refractivity contribution in [1.82, 2.24) is 10.3 Å². The van der Waals surface area contributed by atoms with Crippen molar-refractivity contribution in [3.63, 3.8) is 0 Å². The molecule has 2 N–H and O–H groups in total. The SMILES string of the molecule is O=C(NC1C2CC3CC1CC(OC(F)F)(C3)C2)c1ccc(N2CCC(C(=O)O)C2)nc1SC1CCCC1. The molecule has 202 valence electrons. The van der Waals surface area contributed by atoms with Crippen LogP contribution < -0.4 is 10.2 Å². The van der Waals surface area contributed by atoms with Gasteiger partial charge in [-0.05, 0) is 81.3 Å². The van der Waals surface area contributed by atoms with E-state index in [1.807, 2.05) is 17.0 Å². The van der Waals surface area contributed by atoms with Gasteiger partial charge in [0.05, 0.1) is 17.1 Å². The molecular formula is C27H35F2N3O4S. The van der Waals surface area contributed by atoms with Gasteiger partial charge in [0, 0.05) is 24.4 Å². The van der Waals surface area contributed by atoms with Crippen molar-refractivity contribution >= 4 is 29.5 Å². The number of halogens is 2. The van der Waals surface area contributed by atoms with Crippen molar-refractivity contribution in [1.29, 1.82) is 0 Å². The molecule has 3 atom stereocenters. The van der Waals surface area contributed by atoms with Gasteiger partial charge >= 0.3 is 12.6 Å². The first-order chi connectivity index (χ1) is 17.8. The average Bonchev–Trinajstić information content (AvgIpc) is 3.52. The Morgan fingerprint density at radius 3 is 2.51 bits per heavy atom. The first-order valence-electron chi connectivity index (χ1n) is 13.7. The standard InChI is InChI=1S/C27H35F2N3O4S/c28-26(29)36-27-11-15-9-17(12-27)22(18(10-15)13-27)31-23(33)20-5-6-21(32-8-7-16(14-32)25(34)35)30-24(20)37-19-3-1-2-4-19/h5-6,15-19,22,26H,1-4,7-14H2,(H,31,33)(H,34,35). The summed E-state index contributed by atoms with van der Waals surface area (Å²) in [6, 6.07) is 3.64. The van der Waals surface area contributed by atoms with Gasteiger partial charge in [0.15, 0.2) is 0 Å². The highest BCUT2D eigenvalue weighted by Gasteiger charge is 2.57. The molecule has 0 spiro atoms. The van der Waals surface area contributed by atoms with Gasteiger partial charge < -0.3 is 20.1 Å². The molecule has 5 aliphatic carbocycles. The number of ether oxygens (including phenoxy) is 1. The summed E-state index contributed by atoms with van der Waals surface area (Å²) < 4.78 is 31.5. The van der Waals surface area contributed by atoms with Gasteiger partial charge in [-0.15, -0.1) is 11.8 Å². The maximum absolute atomic E-state index is 13.7. The molecule has 1 aromatic heterocycles. The molecule has 10 heteroatoms. The minimum absolute atomic E-state index is 0.0302. The molecule has 4 bridgehead atoms. The molecule has 2 heterocycles. The fourth-order valence-electron chi connectivity index (χ4n) is 7.95. The van der Waals surface area contributed by atoms with Crippen molar-refractivity contribution < 1.29 is 28.2 Å². The Hall–Kier alpha value is -1.94. The van der Waals surface area contributed by atoms with E-state index in [0.717, 1.165) is 31.5 Å². The molecule has 7 nitrogen and oxygen atoms in total. The van der Waals surface area contributed by atoms with E-state index < -0.39 is 24.1 Å². The highest BCUT2D eigenvalue weighted by molar-refractivity contribution is 7.99. The molecule has 6 aliphatic rings. The third-order valence-corrected chi connectivity index (χ3v) is 10.7. The van der Waals surface area contributed by atoms with Crippen LogP contribution >= 0.6 is 11.8 Å². The van der Waals surface area contributed by atoms with Gasteiger partial charge in [0.2, 0.25) is 0 Å². The van der Waals surface area contributed by atoms with Gasteiger partial charge in [-0.25, -0.2) is 4.98 Å². The van der Waals surface area contributed by atoms with Crippen LogP contribution in [-0.2, 0) is 9.53 Å². The van der Waals surface area contributed by atoms with Gasteiger partial charge in [0.25, 0.3) is 5.91 Å². The molecule has 1 aromatic rings. The van der Waals surface area contributed by atoms with Gasteiger partial charge in [-0.3, -0.25) is 9.59 Å². The molecule has 6 fully saturated rings. The Bertz CT molecular complexity index is 1030. The molecule has 0 aromatic carbocycles. The van der Waals surface area contributed by atoms with Crippen LogP contribution in [0.3, 0.4) is 0 Å². The number of aliphatic carboxylic acids is 1. The summed E-state index contributed by atoms with van der Waals surface area (Å²) in [4.78, 5) is 32.0. The van der Waals surface area contributed by atoms with Crippen LogP contribution in [-0.4, -0.2) is 58.6 Å².